The van der Waals surface area contributed by atoms with Crippen LogP contribution in [0.4, 0.5) is 13.2 Å². The van der Waals surface area contributed by atoms with E-state index in [1.807, 2.05) is 0 Å². The molecule has 0 fully saturated rings. The van der Waals surface area contributed by atoms with Crippen molar-refractivity contribution in [3.63, 3.8) is 0 Å². The second-order valence-electron chi connectivity index (χ2n) is 9.26. The molecule has 1 aromatic carbocycles. The molecule has 5 heteroatoms. The van der Waals surface area contributed by atoms with Crippen molar-refractivity contribution in [3.05, 3.63) is 35.4 Å². The van der Waals surface area contributed by atoms with Gasteiger partial charge >= 0.3 is 175 Å². The number of hydrogen-bond donors (Lipinski definition) is 0. The zero-order valence-corrected chi connectivity index (χ0v) is 21.5. The first-order valence-electron chi connectivity index (χ1n) is 11.1. The van der Waals surface area contributed by atoms with Gasteiger partial charge in [-0.15, -0.1) is 0 Å². The third-order valence-electron chi connectivity index (χ3n) is 5.84. The van der Waals surface area contributed by atoms with E-state index in [0.717, 1.165) is 16.6 Å². The van der Waals surface area contributed by atoms with Gasteiger partial charge in [0.15, 0.2) is 0 Å². The Morgan fingerprint density at radius 2 is 1.21 bits per heavy atom. The summed E-state index contributed by atoms with van der Waals surface area (Å²) in [6, 6.07) is 5.81. The summed E-state index contributed by atoms with van der Waals surface area (Å²) < 4.78 is 45.2. The van der Waals surface area contributed by atoms with E-state index in [0.29, 0.717) is 0 Å². The summed E-state index contributed by atoms with van der Waals surface area (Å²) in [5.74, 6) is 0. The van der Waals surface area contributed by atoms with Gasteiger partial charge in [-0.3, -0.25) is 0 Å². The van der Waals surface area contributed by atoms with Gasteiger partial charge in [-0.1, -0.05) is 0 Å². The number of nitrogens with zero attached hydrogens (tertiary/aromatic N) is 1. The Morgan fingerprint density at radius 1 is 0.786 bits per heavy atom. The van der Waals surface area contributed by atoms with E-state index in [1.54, 1.807) is 12.1 Å². The van der Waals surface area contributed by atoms with Gasteiger partial charge in [-0.25, -0.2) is 0 Å². The summed E-state index contributed by atoms with van der Waals surface area (Å²) in [4.78, 5) is 0. The third-order valence-corrected chi connectivity index (χ3v) is 22.3. The summed E-state index contributed by atoms with van der Waals surface area (Å²) in [5.41, 5.74) is 0.462. The van der Waals surface area contributed by atoms with Crippen molar-refractivity contribution in [2.24, 2.45) is 0 Å². The molecule has 0 bridgehead atoms. The third kappa shape index (κ3) is 9.06. The number of rotatable bonds is 13. The Hall–Kier alpha value is -0.231. The zero-order chi connectivity index (χ0) is 21.3. The van der Waals surface area contributed by atoms with Crippen LogP contribution in [-0.4, -0.2) is 41.5 Å². The average molecular weight is 507 g/mol. The van der Waals surface area contributed by atoms with Crippen LogP contribution in [0.2, 0.25) is 13.3 Å². The molecule has 0 unspecified atom stereocenters. The van der Waals surface area contributed by atoms with Gasteiger partial charge in [0.2, 0.25) is 0 Å². The molecule has 1 rings (SSSR count). The number of benzene rings is 1. The van der Waals surface area contributed by atoms with Crippen molar-refractivity contribution in [1.82, 2.24) is 0 Å². The molecule has 0 amide bonds. The fourth-order valence-corrected chi connectivity index (χ4v) is 23.0. The van der Waals surface area contributed by atoms with Crippen LogP contribution >= 0.6 is 0 Å². The minimum atomic E-state index is -4.25. The number of quaternary nitrogens is 1. The summed E-state index contributed by atoms with van der Waals surface area (Å²) in [7, 11) is 4.57. The Morgan fingerprint density at radius 3 is 1.57 bits per heavy atom. The van der Waals surface area contributed by atoms with Gasteiger partial charge in [0.1, 0.15) is 0 Å². The number of alkyl halides is 3. The molecule has 0 saturated heterocycles. The Balaban J connectivity index is 2.96. The van der Waals surface area contributed by atoms with Crippen LogP contribution in [0, 0.1) is 0 Å². The molecule has 1 aromatic rings. The van der Waals surface area contributed by atoms with Crippen LogP contribution in [0.3, 0.4) is 0 Å². The molecule has 28 heavy (non-hydrogen) atoms. The van der Waals surface area contributed by atoms with Crippen molar-refractivity contribution in [2.45, 2.75) is 85.3 Å². The predicted molar refractivity (Wildman–Crippen MR) is 117 cm³/mol. The molecule has 0 spiro atoms. The van der Waals surface area contributed by atoms with Crippen molar-refractivity contribution in [1.29, 1.82) is 0 Å². The topological polar surface area (TPSA) is 0 Å². The first-order valence-corrected chi connectivity index (χ1v) is 19.1. The molecule has 0 aliphatic heterocycles. The monoisotopic (exact) mass is 508 g/mol. The van der Waals surface area contributed by atoms with E-state index in [-0.39, 0.29) is 0 Å². The summed E-state index contributed by atoms with van der Waals surface area (Å²) in [5, 5.41) is 0. The minimum absolute atomic E-state index is 0.552. The molecule has 162 valence electrons. The van der Waals surface area contributed by atoms with Crippen LogP contribution in [-0.2, 0) is 12.7 Å². The maximum atomic E-state index is 12.8. The maximum absolute atomic E-state index is 12.8. The quantitative estimate of drug-likeness (QED) is 0.190. The second-order valence-corrected chi connectivity index (χ2v) is 23.0. The number of hydrogen-bond acceptors (Lipinski definition) is 0. The first kappa shape index (κ1) is 25.8. The molecule has 1 nitrogen and oxygen atoms in total. The van der Waals surface area contributed by atoms with Crippen LogP contribution in [0.1, 0.15) is 70.4 Å². The normalized spacial score (nSPS) is 13.1. The van der Waals surface area contributed by atoms with Crippen LogP contribution in [0.15, 0.2) is 24.3 Å². The molecule has 0 radical (unpaired) electrons. The standard InChI is InChI=1S/C11H14F3N.3C4H9.Sn/c1-15(2,3)8-9-4-6-10(7-5-9)11(12,13)14;3*1-3-4-2;/h4-7H,1,8H2,2-3H3;3*1,3-4H2,2H3;/q+1;;;;. The molecule has 0 N–H and O–H groups in total. The Labute approximate surface area is 175 Å². The molecule has 0 aliphatic rings. The van der Waals surface area contributed by atoms with E-state index < -0.39 is 30.1 Å². The summed E-state index contributed by atoms with van der Waals surface area (Å²) in [6.45, 7) is 7.69. The van der Waals surface area contributed by atoms with Gasteiger partial charge in [-0.05, 0) is 0 Å². The molecule has 0 saturated carbocycles. The van der Waals surface area contributed by atoms with E-state index in [2.05, 4.69) is 34.9 Å². The van der Waals surface area contributed by atoms with Crippen LogP contribution in [0.5, 0.6) is 0 Å². The molecular weight excluding hydrogens is 466 g/mol. The van der Waals surface area contributed by atoms with Crippen LogP contribution in [0.25, 0.3) is 0 Å². The average Bonchev–Trinajstić information content (AvgIpc) is 2.62. The van der Waals surface area contributed by atoms with E-state index in [4.69, 9.17) is 0 Å². The van der Waals surface area contributed by atoms with Crippen molar-refractivity contribution < 1.29 is 17.7 Å². The fourth-order valence-electron chi connectivity index (χ4n) is 4.52. The second kappa shape index (κ2) is 11.8. The molecule has 0 aromatic heterocycles. The zero-order valence-electron chi connectivity index (χ0n) is 18.7. The van der Waals surface area contributed by atoms with Gasteiger partial charge in [-0.2, -0.15) is 0 Å². The van der Waals surface area contributed by atoms with Gasteiger partial charge < -0.3 is 0 Å². The van der Waals surface area contributed by atoms with E-state index >= 15 is 0 Å². The Bertz CT molecular complexity index is 530. The van der Waals surface area contributed by atoms with Gasteiger partial charge in [0, 0.05) is 0 Å². The van der Waals surface area contributed by atoms with Crippen molar-refractivity contribution in [2.75, 3.05) is 18.7 Å². The summed E-state index contributed by atoms with van der Waals surface area (Å²) >= 11 is -2.29. The molecular formula is C23H41F3NSn+. The number of unbranched alkanes of at least 4 members (excludes halogenated alkanes) is 3. The van der Waals surface area contributed by atoms with E-state index in [1.165, 1.54) is 68.5 Å². The fraction of sp³-hybridized carbons (Fsp3) is 0.739. The SMILES string of the molecule is CCC[CH2][Sn]([CH2]CCC)([CH2]CCC)[CH2][N+](C)(C)Cc1ccc(C(F)(F)F)cc1. The van der Waals surface area contributed by atoms with Gasteiger partial charge in [0.05, 0.1) is 0 Å². The van der Waals surface area contributed by atoms with E-state index in [9.17, 15) is 13.2 Å². The van der Waals surface area contributed by atoms with Crippen molar-refractivity contribution in [3.8, 4) is 0 Å². The van der Waals surface area contributed by atoms with Crippen molar-refractivity contribution >= 4 is 18.4 Å². The molecule has 0 heterocycles. The molecule has 0 aliphatic carbocycles. The predicted octanol–water partition coefficient (Wildman–Crippen LogP) is 7.67. The number of halogens is 3. The first-order chi connectivity index (χ1) is 13.1. The molecule has 0 atom stereocenters. The van der Waals surface area contributed by atoms with Crippen LogP contribution < -0.4 is 0 Å². The Kier molecular flexibility index (Phi) is 10.9. The summed E-state index contributed by atoms with van der Waals surface area (Å²) in [6.07, 6.45) is 3.60. The van der Waals surface area contributed by atoms with Gasteiger partial charge in [0.25, 0.3) is 0 Å².